The number of aromatic nitrogens is 1. The monoisotopic (exact) mass is 399 g/mol. The lowest BCUT2D eigenvalue weighted by Gasteiger charge is -2.35. The van der Waals surface area contributed by atoms with Crippen molar-refractivity contribution in [3.8, 4) is 11.5 Å². The first-order chi connectivity index (χ1) is 13.9. The number of benzene rings is 1. The molecule has 1 fully saturated rings. The van der Waals surface area contributed by atoms with Crippen LogP contribution in [0.3, 0.4) is 0 Å². The molecule has 156 valence electrons. The average molecular weight is 399 g/mol. The van der Waals surface area contributed by atoms with E-state index in [0.717, 1.165) is 29.9 Å². The largest absolute Gasteiger partial charge is 0.462 e. The number of rotatable bonds is 7. The lowest BCUT2D eigenvalue weighted by Crippen LogP contribution is -2.48. The molecule has 1 saturated heterocycles. The summed E-state index contributed by atoms with van der Waals surface area (Å²) in [4.78, 5) is 16.5. The number of aryl methyl sites for hydroxylation is 2. The second-order valence-corrected chi connectivity index (χ2v) is 7.46. The van der Waals surface area contributed by atoms with Gasteiger partial charge in [0.05, 0.1) is 19.8 Å². The minimum Gasteiger partial charge on any atom is -0.462 e. The molecule has 0 unspecified atom stereocenters. The van der Waals surface area contributed by atoms with Gasteiger partial charge in [-0.25, -0.2) is 9.78 Å². The van der Waals surface area contributed by atoms with Crippen LogP contribution in [0.4, 0.5) is 0 Å². The molecule has 0 saturated carbocycles. The maximum atomic E-state index is 11.9. The number of hydrogen-bond acceptors (Lipinski definition) is 6. The fraction of sp³-hybridized carbons (Fsp3) is 0.478. The summed E-state index contributed by atoms with van der Waals surface area (Å²) in [5.74, 6) is -0.0826. The summed E-state index contributed by atoms with van der Waals surface area (Å²) in [6.07, 6.45) is 5.84. The molecule has 0 N–H and O–H groups in total. The van der Waals surface area contributed by atoms with Crippen molar-refractivity contribution >= 4 is 12.0 Å². The lowest BCUT2D eigenvalue weighted by molar-refractivity contribution is -0.273. The Kier molecular flexibility index (Phi) is 6.87. The molecule has 1 aliphatic rings. The molecule has 0 aliphatic carbocycles. The number of carbonyl (C=O) groups is 1. The zero-order chi connectivity index (χ0) is 20.9. The van der Waals surface area contributed by atoms with Gasteiger partial charge in [0.15, 0.2) is 0 Å². The maximum absolute atomic E-state index is 11.9. The Labute approximate surface area is 171 Å². The van der Waals surface area contributed by atoms with Crippen molar-refractivity contribution in [3.63, 3.8) is 0 Å². The SMILES string of the molecule is CCOC(=O)C1(C)OCC(CC/C=C\c2nc(-c3ccc(C)cc3)oc2C)CO1. The Bertz CT molecular complexity index is 845. The van der Waals surface area contributed by atoms with Gasteiger partial charge >= 0.3 is 5.97 Å². The third kappa shape index (κ3) is 5.34. The predicted octanol–water partition coefficient (Wildman–Crippen LogP) is 4.69. The summed E-state index contributed by atoms with van der Waals surface area (Å²) in [6.45, 7) is 8.61. The van der Waals surface area contributed by atoms with Gasteiger partial charge in [-0.05, 0) is 51.8 Å². The second kappa shape index (κ2) is 9.37. The van der Waals surface area contributed by atoms with Gasteiger partial charge < -0.3 is 18.6 Å². The fourth-order valence-electron chi connectivity index (χ4n) is 3.10. The zero-order valence-electron chi connectivity index (χ0n) is 17.6. The van der Waals surface area contributed by atoms with Crippen molar-refractivity contribution < 1.29 is 23.4 Å². The molecule has 1 aromatic heterocycles. The molecule has 0 radical (unpaired) electrons. The summed E-state index contributed by atoms with van der Waals surface area (Å²) in [5.41, 5.74) is 3.02. The first-order valence-corrected chi connectivity index (χ1v) is 10.1. The quantitative estimate of drug-likeness (QED) is 0.629. The van der Waals surface area contributed by atoms with Crippen LogP contribution in [-0.4, -0.2) is 36.6 Å². The van der Waals surface area contributed by atoms with Gasteiger partial charge in [0.2, 0.25) is 5.89 Å². The zero-order valence-corrected chi connectivity index (χ0v) is 17.6. The molecule has 3 rings (SSSR count). The van der Waals surface area contributed by atoms with E-state index in [-0.39, 0.29) is 5.92 Å². The highest BCUT2D eigenvalue weighted by molar-refractivity contribution is 5.77. The summed E-state index contributed by atoms with van der Waals surface area (Å²) in [7, 11) is 0. The molecule has 0 atom stereocenters. The summed E-state index contributed by atoms with van der Waals surface area (Å²) < 4.78 is 22.1. The predicted molar refractivity (Wildman–Crippen MR) is 110 cm³/mol. The van der Waals surface area contributed by atoms with Gasteiger partial charge in [-0.1, -0.05) is 23.8 Å². The van der Waals surface area contributed by atoms with Crippen LogP contribution in [0.15, 0.2) is 34.8 Å². The minimum absolute atomic E-state index is 0.240. The van der Waals surface area contributed by atoms with E-state index in [9.17, 15) is 4.79 Å². The molecular weight excluding hydrogens is 370 g/mol. The fourth-order valence-corrected chi connectivity index (χ4v) is 3.10. The highest BCUT2D eigenvalue weighted by Gasteiger charge is 2.41. The number of carbonyl (C=O) groups excluding carboxylic acids is 1. The van der Waals surface area contributed by atoms with Crippen LogP contribution in [0, 0.1) is 19.8 Å². The Balaban J connectivity index is 1.49. The molecule has 1 aliphatic heterocycles. The highest BCUT2D eigenvalue weighted by atomic mass is 16.7. The van der Waals surface area contributed by atoms with Crippen LogP contribution in [-0.2, 0) is 19.0 Å². The van der Waals surface area contributed by atoms with E-state index >= 15 is 0 Å². The van der Waals surface area contributed by atoms with Crippen LogP contribution in [0.1, 0.15) is 43.7 Å². The van der Waals surface area contributed by atoms with Crippen LogP contribution in [0.2, 0.25) is 0 Å². The number of hydrogen-bond donors (Lipinski definition) is 0. The standard InChI is InChI=1S/C23H29NO5/c1-5-26-22(25)23(4)27-14-18(15-28-23)8-6-7-9-20-17(3)29-21(24-20)19-12-10-16(2)11-13-19/h7,9-13,18H,5-6,8,14-15H2,1-4H3/b9-7-. The third-order valence-corrected chi connectivity index (χ3v) is 4.98. The summed E-state index contributed by atoms with van der Waals surface area (Å²) in [5, 5.41) is 0. The maximum Gasteiger partial charge on any atom is 0.366 e. The molecule has 0 bridgehead atoms. The van der Waals surface area contributed by atoms with Crippen LogP contribution < -0.4 is 0 Å². The summed E-state index contributed by atoms with van der Waals surface area (Å²) in [6, 6.07) is 8.12. The topological polar surface area (TPSA) is 70.8 Å². The Morgan fingerprint density at radius 2 is 1.93 bits per heavy atom. The molecule has 0 amide bonds. The normalized spacial score (nSPS) is 22.1. The van der Waals surface area contributed by atoms with E-state index in [1.807, 2.05) is 37.3 Å². The van der Waals surface area contributed by atoms with Gasteiger partial charge in [-0.15, -0.1) is 0 Å². The van der Waals surface area contributed by atoms with Crippen LogP contribution in [0.5, 0.6) is 0 Å². The number of allylic oxidation sites excluding steroid dienone is 1. The van der Waals surface area contributed by atoms with E-state index in [4.69, 9.17) is 18.6 Å². The van der Waals surface area contributed by atoms with Crippen LogP contribution in [0.25, 0.3) is 17.5 Å². The van der Waals surface area contributed by atoms with Crippen molar-refractivity contribution in [1.29, 1.82) is 0 Å². The second-order valence-electron chi connectivity index (χ2n) is 7.46. The molecule has 29 heavy (non-hydrogen) atoms. The molecule has 6 heteroatoms. The Morgan fingerprint density at radius 1 is 1.24 bits per heavy atom. The Hall–Kier alpha value is -2.44. The number of esters is 1. The van der Waals surface area contributed by atoms with Crippen molar-refractivity contribution in [2.45, 2.75) is 46.3 Å². The molecular formula is C23H29NO5. The smallest absolute Gasteiger partial charge is 0.366 e. The van der Waals surface area contributed by atoms with E-state index < -0.39 is 11.8 Å². The van der Waals surface area contributed by atoms with E-state index in [2.05, 4.69) is 18.0 Å². The van der Waals surface area contributed by atoms with Crippen molar-refractivity contribution in [3.05, 3.63) is 47.4 Å². The molecule has 0 spiro atoms. The van der Waals surface area contributed by atoms with Crippen LogP contribution >= 0.6 is 0 Å². The number of oxazole rings is 1. The van der Waals surface area contributed by atoms with E-state index in [0.29, 0.717) is 25.7 Å². The molecule has 1 aromatic carbocycles. The average Bonchev–Trinajstić information content (AvgIpc) is 3.08. The number of nitrogens with zero attached hydrogens (tertiary/aromatic N) is 1. The van der Waals surface area contributed by atoms with E-state index in [1.54, 1.807) is 13.8 Å². The molecule has 2 heterocycles. The molecule has 2 aromatic rings. The van der Waals surface area contributed by atoms with Crippen molar-refractivity contribution in [2.24, 2.45) is 5.92 Å². The first kappa shape index (κ1) is 21.3. The highest BCUT2D eigenvalue weighted by Crippen LogP contribution is 2.26. The van der Waals surface area contributed by atoms with E-state index in [1.165, 1.54) is 5.56 Å². The van der Waals surface area contributed by atoms with Crippen molar-refractivity contribution in [2.75, 3.05) is 19.8 Å². The van der Waals surface area contributed by atoms with Gasteiger partial charge in [0.25, 0.3) is 5.79 Å². The van der Waals surface area contributed by atoms with Crippen molar-refractivity contribution in [1.82, 2.24) is 4.98 Å². The first-order valence-electron chi connectivity index (χ1n) is 10.1. The van der Waals surface area contributed by atoms with Gasteiger partial charge in [0, 0.05) is 18.4 Å². The lowest BCUT2D eigenvalue weighted by atomic mass is 10.0. The van der Waals surface area contributed by atoms with Gasteiger partial charge in [0.1, 0.15) is 11.5 Å². The Morgan fingerprint density at radius 3 is 2.59 bits per heavy atom. The van der Waals surface area contributed by atoms with Gasteiger partial charge in [-0.2, -0.15) is 0 Å². The summed E-state index contributed by atoms with van der Waals surface area (Å²) >= 11 is 0. The number of ether oxygens (including phenoxy) is 3. The third-order valence-electron chi connectivity index (χ3n) is 4.98. The molecule has 6 nitrogen and oxygen atoms in total. The van der Waals surface area contributed by atoms with Gasteiger partial charge in [-0.3, -0.25) is 0 Å². The minimum atomic E-state index is -1.29.